The van der Waals surface area contributed by atoms with E-state index in [2.05, 4.69) is 10.2 Å². The van der Waals surface area contributed by atoms with E-state index < -0.39 is 0 Å². The summed E-state index contributed by atoms with van der Waals surface area (Å²) in [6.07, 6.45) is 0. The topological polar surface area (TPSA) is 57.4 Å². The molecule has 1 aromatic heterocycles. The van der Waals surface area contributed by atoms with E-state index in [0.717, 1.165) is 11.4 Å². The zero-order chi connectivity index (χ0) is 17.3. The second-order valence-corrected chi connectivity index (χ2v) is 5.47. The molecule has 0 saturated heterocycles. The number of hydrogen-bond donors (Lipinski definition) is 1. The minimum absolute atomic E-state index is 0.210. The lowest BCUT2D eigenvalue weighted by atomic mass is 10.3. The third-order valence-corrected chi connectivity index (χ3v) is 3.88. The zero-order valence-electron chi connectivity index (χ0n) is 13.7. The van der Waals surface area contributed by atoms with Crippen molar-refractivity contribution in [3.8, 4) is 5.75 Å². The number of phenolic OH excluding ortho intramolecular Hbond substituents is 1. The Balaban J connectivity index is 1.90. The Bertz CT molecular complexity index is 760. The maximum atomic E-state index is 13.1. The quantitative estimate of drug-likeness (QED) is 0.797. The molecular weight excluding hydrogens is 309 g/mol. The SMILES string of the molecule is CN(c1ccc(O)cc1)c1nnc(N(C)c2ccc(F)cc2)n1C. The fraction of sp³-hybridized carbons (Fsp3) is 0.176. The number of phenols is 1. The van der Waals surface area contributed by atoms with Crippen molar-refractivity contribution in [2.45, 2.75) is 0 Å². The first-order valence-electron chi connectivity index (χ1n) is 7.39. The van der Waals surface area contributed by atoms with Crippen LogP contribution in [-0.4, -0.2) is 34.0 Å². The Morgan fingerprint density at radius 2 is 1.25 bits per heavy atom. The maximum absolute atomic E-state index is 13.1. The molecule has 0 unspecified atom stereocenters. The first-order chi connectivity index (χ1) is 11.5. The summed E-state index contributed by atoms with van der Waals surface area (Å²) in [7, 11) is 5.58. The van der Waals surface area contributed by atoms with Gasteiger partial charge in [0.05, 0.1) is 0 Å². The number of nitrogens with zero attached hydrogens (tertiary/aromatic N) is 5. The van der Waals surface area contributed by atoms with Gasteiger partial charge in [-0.1, -0.05) is 0 Å². The van der Waals surface area contributed by atoms with Gasteiger partial charge in [-0.2, -0.15) is 0 Å². The van der Waals surface area contributed by atoms with Crippen molar-refractivity contribution in [1.82, 2.24) is 14.8 Å². The molecule has 3 rings (SSSR count). The number of hydrogen-bond acceptors (Lipinski definition) is 5. The van der Waals surface area contributed by atoms with E-state index in [1.807, 2.05) is 35.5 Å². The summed E-state index contributed by atoms with van der Waals surface area (Å²) >= 11 is 0. The number of aromatic hydroxyl groups is 1. The molecule has 6 nitrogen and oxygen atoms in total. The molecule has 0 spiro atoms. The van der Waals surface area contributed by atoms with Crippen LogP contribution in [0.5, 0.6) is 5.75 Å². The number of rotatable bonds is 4. The van der Waals surface area contributed by atoms with Crippen LogP contribution >= 0.6 is 0 Å². The minimum Gasteiger partial charge on any atom is -0.508 e. The van der Waals surface area contributed by atoms with E-state index in [4.69, 9.17) is 0 Å². The van der Waals surface area contributed by atoms with Crippen molar-refractivity contribution in [2.24, 2.45) is 7.05 Å². The smallest absolute Gasteiger partial charge is 0.232 e. The third-order valence-electron chi connectivity index (χ3n) is 3.88. The average Bonchev–Trinajstić information content (AvgIpc) is 2.96. The highest BCUT2D eigenvalue weighted by atomic mass is 19.1. The van der Waals surface area contributed by atoms with Crippen LogP contribution < -0.4 is 9.80 Å². The van der Waals surface area contributed by atoms with Crippen LogP contribution in [0.4, 0.5) is 27.7 Å². The molecule has 0 saturated carbocycles. The van der Waals surface area contributed by atoms with E-state index >= 15 is 0 Å². The van der Waals surface area contributed by atoms with Gasteiger partial charge in [-0.25, -0.2) is 4.39 Å². The van der Waals surface area contributed by atoms with Crippen molar-refractivity contribution >= 4 is 23.3 Å². The summed E-state index contributed by atoms with van der Waals surface area (Å²) < 4.78 is 14.9. The molecule has 0 amide bonds. The molecule has 1 N–H and O–H groups in total. The molecule has 24 heavy (non-hydrogen) atoms. The van der Waals surface area contributed by atoms with E-state index in [0.29, 0.717) is 11.9 Å². The van der Waals surface area contributed by atoms with Crippen molar-refractivity contribution in [1.29, 1.82) is 0 Å². The van der Waals surface area contributed by atoms with Crippen molar-refractivity contribution in [3.05, 3.63) is 54.3 Å². The van der Waals surface area contributed by atoms with Gasteiger partial charge >= 0.3 is 0 Å². The molecule has 2 aromatic carbocycles. The average molecular weight is 327 g/mol. The Hall–Kier alpha value is -3.09. The van der Waals surface area contributed by atoms with Crippen LogP contribution in [-0.2, 0) is 7.05 Å². The van der Waals surface area contributed by atoms with Gasteiger partial charge in [0.1, 0.15) is 11.6 Å². The fourth-order valence-corrected chi connectivity index (χ4v) is 2.47. The second-order valence-electron chi connectivity index (χ2n) is 5.47. The molecule has 0 aliphatic heterocycles. The summed E-state index contributed by atoms with van der Waals surface area (Å²) in [6.45, 7) is 0. The van der Waals surface area contributed by atoms with Crippen LogP contribution in [0.3, 0.4) is 0 Å². The molecule has 0 aliphatic carbocycles. The Morgan fingerprint density at radius 3 is 1.71 bits per heavy atom. The lowest BCUT2D eigenvalue weighted by Crippen LogP contribution is -2.18. The standard InChI is InChI=1S/C17H18FN5O/c1-21(13-6-4-12(18)5-7-13)16-19-20-17(23(16)3)22(2)14-8-10-15(24)11-9-14/h4-11,24H,1-3H3. The number of anilines is 4. The molecule has 7 heteroatoms. The first-order valence-corrected chi connectivity index (χ1v) is 7.39. The van der Waals surface area contributed by atoms with Gasteiger partial charge in [-0.3, -0.25) is 4.57 Å². The lowest BCUT2D eigenvalue weighted by molar-refractivity contribution is 0.475. The Kier molecular flexibility index (Phi) is 4.07. The van der Waals surface area contributed by atoms with Gasteiger partial charge in [0.25, 0.3) is 0 Å². The molecule has 0 fully saturated rings. The summed E-state index contributed by atoms with van der Waals surface area (Å²) in [4.78, 5) is 3.70. The van der Waals surface area contributed by atoms with E-state index in [9.17, 15) is 9.50 Å². The molecular formula is C17H18FN5O. The first kappa shape index (κ1) is 15.8. The molecule has 0 radical (unpaired) electrons. The fourth-order valence-electron chi connectivity index (χ4n) is 2.47. The van der Waals surface area contributed by atoms with Crippen molar-refractivity contribution in [3.63, 3.8) is 0 Å². The van der Waals surface area contributed by atoms with Gasteiger partial charge in [0.2, 0.25) is 11.9 Å². The van der Waals surface area contributed by atoms with Crippen LogP contribution in [0.1, 0.15) is 0 Å². The van der Waals surface area contributed by atoms with Gasteiger partial charge in [-0.05, 0) is 48.5 Å². The molecule has 124 valence electrons. The minimum atomic E-state index is -0.280. The molecule has 0 aliphatic rings. The van der Waals surface area contributed by atoms with Gasteiger partial charge in [-0.15, -0.1) is 10.2 Å². The molecule has 0 bridgehead atoms. The summed E-state index contributed by atoms with van der Waals surface area (Å²) in [6, 6.07) is 13.0. The largest absolute Gasteiger partial charge is 0.508 e. The second kappa shape index (κ2) is 6.19. The van der Waals surface area contributed by atoms with Crippen LogP contribution in [0, 0.1) is 5.82 Å². The highest BCUT2D eigenvalue weighted by Gasteiger charge is 2.17. The van der Waals surface area contributed by atoms with E-state index in [1.54, 1.807) is 36.4 Å². The number of benzene rings is 2. The monoisotopic (exact) mass is 327 g/mol. The highest BCUT2D eigenvalue weighted by molar-refractivity contribution is 5.62. The normalized spacial score (nSPS) is 10.7. The lowest BCUT2D eigenvalue weighted by Gasteiger charge is -2.21. The van der Waals surface area contributed by atoms with Gasteiger partial charge in [0, 0.05) is 32.5 Å². The molecule has 0 atom stereocenters. The van der Waals surface area contributed by atoms with E-state index in [1.165, 1.54) is 12.1 Å². The van der Waals surface area contributed by atoms with Gasteiger partial charge < -0.3 is 14.9 Å². The predicted molar refractivity (Wildman–Crippen MR) is 91.6 cm³/mol. The van der Waals surface area contributed by atoms with Crippen LogP contribution in [0.2, 0.25) is 0 Å². The third kappa shape index (κ3) is 2.88. The highest BCUT2D eigenvalue weighted by Crippen LogP contribution is 2.28. The van der Waals surface area contributed by atoms with Crippen molar-refractivity contribution in [2.75, 3.05) is 23.9 Å². The maximum Gasteiger partial charge on any atom is 0.232 e. The van der Waals surface area contributed by atoms with Crippen LogP contribution in [0.15, 0.2) is 48.5 Å². The summed E-state index contributed by atoms with van der Waals surface area (Å²) in [5.41, 5.74) is 1.69. The Morgan fingerprint density at radius 1 is 0.833 bits per heavy atom. The summed E-state index contributed by atoms with van der Waals surface area (Å²) in [5, 5.41) is 17.9. The number of aromatic nitrogens is 3. The Labute approximate surface area is 139 Å². The molecule has 3 aromatic rings. The molecule has 1 heterocycles. The van der Waals surface area contributed by atoms with Crippen LogP contribution in [0.25, 0.3) is 0 Å². The van der Waals surface area contributed by atoms with E-state index in [-0.39, 0.29) is 11.6 Å². The predicted octanol–water partition coefficient (Wildman–Crippen LogP) is 3.20. The van der Waals surface area contributed by atoms with Gasteiger partial charge in [0.15, 0.2) is 0 Å². The zero-order valence-corrected chi connectivity index (χ0v) is 13.7. The number of halogens is 1. The summed E-state index contributed by atoms with van der Waals surface area (Å²) in [5.74, 6) is 1.20. The van der Waals surface area contributed by atoms with Crippen molar-refractivity contribution < 1.29 is 9.50 Å².